The zero-order valence-electron chi connectivity index (χ0n) is 3.48. The van der Waals surface area contributed by atoms with Crippen LogP contribution in [0.5, 0.6) is 0 Å². The third kappa shape index (κ3) is 4.21. The van der Waals surface area contributed by atoms with Crippen LogP contribution in [-0.2, 0) is 4.74 Å². The SMILES string of the molecule is NCCOCCl. The lowest BCUT2D eigenvalue weighted by Gasteiger charge is -1.90. The molecule has 2 nitrogen and oxygen atoms in total. The molecule has 0 heterocycles. The van der Waals surface area contributed by atoms with Crippen molar-refractivity contribution in [3.05, 3.63) is 0 Å². The minimum atomic E-state index is 0.247. The molecule has 0 aliphatic heterocycles. The van der Waals surface area contributed by atoms with Gasteiger partial charge in [0.2, 0.25) is 0 Å². The van der Waals surface area contributed by atoms with E-state index in [1.165, 1.54) is 0 Å². The minimum Gasteiger partial charge on any atom is -0.364 e. The van der Waals surface area contributed by atoms with E-state index < -0.39 is 0 Å². The minimum absolute atomic E-state index is 0.247. The van der Waals surface area contributed by atoms with Crippen molar-refractivity contribution >= 4 is 11.6 Å². The maximum Gasteiger partial charge on any atom is 0.120 e. The Balaban J connectivity index is 2.34. The standard InChI is InChI=1S/C3H8ClNO/c4-3-6-2-1-5/h1-3,5H2. The first kappa shape index (κ1) is 6.21. The van der Waals surface area contributed by atoms with Crippen molar-refractivity contribution in [3.63, 3.8) is 0 Å². The molecular formula is C3H8ClNO. The number of alkyl halides is 1. The summed E-state index contributed by atoms with van der Waals surface area (Å²) < 4.78 is 4.62. The number of nitrogens with two attached hydrogens (primary N) is 1. The van der Waals surface area contributed by atoms with Crippen LogP contribution >= 0.6 is 11.6 Å². The second kappa shape index (κ2) is 5.21. The Morgan fingerprint density at radius 2 is 2.33 bits per heavy atom. The molecule has 0 saturated carbocycles. The van der Waals surface area contributed by atoms with Crippen LogP contribution in [0, 0.1) is 0 Å². The molecule has 0 radical (unpaired) electrons. The number of rotatable bonds is 3. The predicted molar refractivity (Wildman–Crippen MR) is 25.7 cm³/mol. The van der Waals surface area contributed by atoms with Gasteiger partial charge < -0.3 is 10.5 Å². The second-order valence-electron chi connectivity index (χ2n) is 0.806. The number of ether oxygens (including phenoxy) is 1. The summed E-state index contributed by atoms with van der Waals surface area (Å²) in [7, 11) is 0. The van der Waals surface area contributed by atoms with Crippen LogP contribution in [0.15, 0.2) is 0 Å². The van der Waals surface area contributed by atoms with Gasteiger partial charge in [-0.3, -0.25) is 0 Å². The molecule has 0 rings (SSSR count). The van der Waals surface area contributed by atoms with Gasteiger partial charge in [0.1, 0.15) is 6.07 Å². The van der Waals surface area contributed by atoms with E-state index in [2.05, 4.69) is 4.74 Å². The lowest BCUT2D eigenvalue weighted by molar-refractivity contribution is 0.188. The fourth-order valence-electron chi connectivity index (χ4n) is 0.138. The van der Waals surface area contributed by atoms with E-state index in [-0.39, 0.29) is 6.07 Å². The third-order valence-electron chi connectivity index (χ3n) is 0.339. The van der Waals surface area contributed by atoms with Crippen molar-refractivity contribution < 1.29 is 4.74 Å². The third-order valence-corrected chi connectivity index (χ3v) is 0.494. The molecule has 0 atom stereocenters. The van der Waals surface area contributed by atoms with Crippen LogP contribution in [0.2, 0.25) is 0 Å². The van der Waals surface area contributed by atoms with E-state index in [4.69, 9.17) is 17.3 Å². The first-order chi connectivity index (χ1) is 2.91. The molecule has 3 heteroatoms. The van der Waals surface area contributed by atoms with Gasteiger partial charge in [-0.1, -0.05) is 11.6 Å². The smallest absolute Gasteiger partial charge is 0.120 e. The highest BCUT2D eigenvalue weighted by Crippen LogP contribution is 1.73. The molecule has 0 aliphatic carbocycles. The Hall–Kier alpha value is 0.210. The molecule has 0 aromatic carbocycles. The van der Waals surface area contributed by atoms with E-state index in [9.17, 15) is 0 Å². The first-order valence-corrected chi connectivity index (χ1v) is 2.29. The van der Waals surface area contributed by atoms with E-state index >= 15 is 0 Å². The Kier molecular flexibility index (Phi) is 5.39. The van der Waals surface area contributed by atoms with Crippen molar-refractivity contribution in [2.24, 2.45) is 5.73 Å². The van der Waals surface area contributed by atoms with Crippen LogP contribution in [0.25, 0.3) is 0 Å². The highest BCUT2D eigenvalue weighted by molar-refractivity contribution is 6.17. The Bertz CT molecular complexity index is 22.8. The van der Waals surface area contributed by atoms with Crippen LogP contribution < -0.4 is 5.73 Å². The van der Waals surface area contributed by atoms with E-state index in [1.807, 2.05) is 0 Å². The average Bonchev–Trinajstić information content (AvgIpc) is 1.61. The topological polar surface area (TPSA) is 35.2 Å². The molecule has 38 valence electrons. The molecule has 0 fully saturated rings. The summed E-state index contributed by atoms with van der Waals surface area (Å²) in [5.41, 5.74) is 5.03. The van der Waals surface area contributed by atoms with Gasteiger partial charge in [0, 0.05) is 6.54 Å². The second-order valence-corrected chi connectivity index (χ2v) is 1.02. The lowest BCUT2D eigenvalue weighted by Crippen LogP contribution is -2.06. The van der Waals surface area contributed by atoms with Crippen LogP contribution in [0.1, 0.15) is 0 Å². The summed E-state index contributed by atoms with van der Waals surface area (Å²) in [5, 5.41) is 0. The summed E-state index contributed by atoms with van der Waals surface area (Å²) in [6.07, 6.45) is 0. The van der Waals surface area contributed by atoms with Crippen molar-refractivity contribution in [1.82, 2.24) is 0 Å². The van der Waals surface area contributed by atoms with E-state index in [0.717, 1.165) is 0 Å². The Morgan fingerprint density at radius 1 is 1.67 bits per heavy atom. The quantitative estimate of drug-likeness (QED) is 0.414. The van der Waals surface area contributed by atoms with Crippen molar-refractivity contribution in [2.45, 2.75) is 0 Å². The first-order valence-electron chi connectivity index (χ1n) is 1.75. The molecular weight excluding hydrogens is 101 g/mol. The van der Waals surface area contributed by atoms with Gasteiger partial charge in [-0.2, -0.15) is 0 Å². The summed E-state index contributed by atoms with van der Waals surface area (Å²) in [5.74, 6) is 0. The Morgan fingerprint density at radius 3 is 2.50 bits per heavy atom. The summed E-state index contributed by atoms with van der Waals surface area (Å²) in [4.78, 5) is 0. The zero-order valence-corrected chi connectivity index (χ0v) is 4.24. The number of halogens is 1. The highest BCUT2D eigenvalue weighted by Gasteiger charge is 1.74. The van der Waals surface area contributed by atoms with Crippen molar-refractivity contribution in [3.8, 4) is 0 Å². The van der Waals surface area contributed by atoms with Gasteiger partial charge in [-0.05, 0) is 0 Å². The Labute approximate surface area is 42.2 Å². The molecule has 2 N–H and O–H groups in total. The normalized spacial score (nSPS) is 9.00. The predicted octanol–water partition coefficient (Wildman–Crippen LogP) is 0.158. The van der Waals surface area contributed by atoms with E-state index in [1.54, 1.807) is 0 Å². The zero-order chi connectivity index (χ0) is 4.83. The number of hydrogen-bond donors (Lipinski definition) is 1. The van der Waals surface area contributed by atoms with Crippen LogP contribution in [-0.4, -0.2) is 19.2 Å². The molecule has 0 bridgehead atoms. The molecule has 0 aliphatic rings. The fourth-order valence-corrected chi connectivity index (χ4v) is 0.247. The van der Waals surface area contributed by atoms with Crippen molar-refractivity contribution in [1.29, 1.82) is 0 Å². The molecule has 6 heavy (non-hydrogen) atoms. The maximum atomic E-state index is 5.10. The molecule has 0 aromatic heterocycles. The lowest BCUT2D eigenvalue weighted by atomic mass is 10.7. The summed E-state index contributed by atoms with van der Waals surface area (Å²) >= 11 is 5.10. The van der Waals surface area contributed by atoms with Gasteiger partial charge in [-0.25, -0.2) is 0 Å². The van der Waals surface area contributed by atoms with Crippen LogP contribution in [0.4, 0.5) is 0 Å². The van der Waals surface area contributed by atoms with Gasteiger partial charge in [-0.15, -0.1) is 0 Å². The fraction of sp³-hybridized carbons (Fsp3) is 1.00. The monoisotopic (exact) mass is 109 g/mol. The van der Waals surface area contributed by atoms with Crippen molar-refractivity contribution in [2.75, 3.05) is 19.2 Å². The molecule has 0 spiro atoms. The highest BCUT2D eigenvalue weighted by atomic mass is 35.5. The molecule has 0 saturated heterocycles. The maximum absolute atomic E-state index is 5.10. The van der Waals surface area contributed by atoms with Crippen LogP contribution in [0.3, 0.4) is 0 Å². The van der Waals surface area contributed by atoms with Gasteiger partial charge >= 0.3 is 0 Å². The largest absolute Gasteiger partial charge is 0.364 e. The van der Waals surface area contributed by atoms with Gasteiger partial charge in [0.05, 0.1) is 6.61 Å². The summed E-state index contributed by atoms with van der Waals surface area (Å²) in [6.45, 7) is 1.11. The van der Waals surface area contributed by atoms with E-state index in [0.29, 0.717) is 13.2 Å². The molecule has 0 unspecified atom stereocenters. The number of hydrogen-bond acceptors (Lipinski definition) is 2. The molecule has 0 aromatic rings. The summed E-state index contributed by atoms with van der Waals surface area (Å²) in [6, 6.07) is 0.247. The molecule has 0 amide bonds. The van der Waals surface area contributed by atoms with Gasteiger partial charge in [0.15, 0.2) is 0 Å². The van der Waals surface area contributed by atoms with Gasteiger partial charge in [0.25, 0.3) is 0 Å². The average molecular weight is 110 g/mol.